The van der Waals surface area contributed by atoms with Crippen molar-refractivity contribution >= 4 is 5.96 Å². The van der Waals surface area contributed by atoms with Crippen LogP contribution in [0.5, 0.6) is 5.75 Å². The highest BCUT2D eigenvalue weighted by molar-refractivity contribution is 5.78. The second-order valence-corrected chi connectivity index (χ2v) is 6.54. The van der Waals surface area contributed by atoms with Gasteiger partial charge in [0.1, 0.15) is 5.75 Å². The summed E-state index contributed by atoms with van der Waals surface area (Å²) in [6.45, 7) is 1.41. The summed E-state index contributed by atoms with van der Waals surface area (Å²) in [5, 5.41) is 3.36. The molecule has 3 rings (SSSR count). The molecule has 22 heavy (non-hydrogen) atoms. The number of ether oxygens (including phenoxy) is 1. The Morgan fingerprint density at radius 3 is 2.68 bits per heavy atom. The highest BCUT2D eigenvalue weighted by atomic mass is 16.5. The Morgan fingerprint density at radius 1 is 1.14 bits per heavy atom. The van der Waals surface area contributed by atoms with Crippen molar-refractivity contribution in [3.05, 3.63) is 29.8 Å². The molecule has 4 heteroatoms. The van der Waals surface area contributed by atoms with E-state index in [0.29, 0.717) is 18.5 Å². The van der Waals surface area contributed by atoms with E-state index in [1.807, 2.05) is 18.2 Å². The van der Waals surface area contributed by atoms with Crippen molar-refractivity contribution in [1.82, 2.24) is 5.32 Å². The van der Waals surface area contributed by atoms with Crippen molar-refractivity contribution in [1.29, 1.82) is 0 Å². The minimum absolute atomic E-state index is 0.499. The molecule has 0 radical (unpaired) electrons. The fourth-order valence-corrected chi connectivity index (χ4v) is 2.94. The van der Waals surface area contributed by atoms with Gasteiger partial charge in [-0.05, 0) is 37.7 Å². The summed E-state index contributed by atoms with van der Waals surface area (Å²) in [6, 6.07) is 8.63. The number of nitrogens with one attached hydrogen (secondary N) is 1. The molecule has 0 bridgehead atoms. The predicted molar refractivity (Wildman–Crippen MR) is 90.0 cm³/mol. The zero-order chi connectivity index (χ0) is 15.2. The minimum atomic E-state index is 0.499. The van der Waals surface area contributed by atoms with Crippen molar-refractivity contribution < 1.29 is 4.74 Å². The number of nitrogens with two attached hydrogens (primary N) is 1. The molecule has 120 valence electrons. The van der Waals surface area contributed by atoms with Crippen molar-refractivity contribution in [3.8, 4) is 5.75 Å². The maximum Gasteiger partial charge on any atom is 0.189 e. The molecular weight excluding hydrogens is 274 g/mol. The van der Waals surface area contributed by atoms with Gasteiger partial charge in [-0.2, -0.15) is 0 Å². The minimum Gasteiger partial charge on any atom is -0.493 e. The SMILES string of the molecule is NC(=NCc1ccccc1OCC1CC1)NC1CCCCC1. The van der Waals surface area contributed by atoms with Gasteiger partial charge in [0.2, 0.25) is 0 Å². The molecule has 2 fully saturated rings. The van der Waals surface area contributed by atoms with Gasteiger partial charge in [-0.25, -0.2) is 4.99 Å². The Morgan fingerprint density at radius 2 is 1.91 bits per heavy atom. The molecule has 4 nitrogen and oxygen atoms in total. The van der Waals surface area contributed by atoms with Crippen LogP contribution in [-0.4, -0.2) is 18.6 Å². The summed E-state index contributed by atoms with van der Waals surface area (Å²) in [7, 11) is 0. The van der Waals surface area contributed by atoms with E-state index in [9.17, 15) is 0 Å². The number of rotatable bonds is 6. The van der Waals surface area contributed by atoms with Crippen LogP contribution in [-0.2, 0) is 6.54 Å². The molecule has 3 N–H and O–H groups in total. The van der Waals surface area contributed by atoms with E-state index in [4.69, 9.17) is 10.5 Å². The molecular formula is C18H27N3O. The first-order valence-electron chi connectivity index (χ1n) is 8.58. The second kappa shape index (κ2) is 7.52. The molecule has 2 aliphatic carbocycles. The Labute approximate surface area is 133 Å². The van der Waals surface area contributed by atoms with Crippen LogP contribution in [0, 0.1) is 5.92 Å². The topological polar surface area (TPSA) is 59.6 Å². The summed E-state index contributed by atoms with van der Waals surface area (Å²) in [5.41, 5.74) is 7.14. The molecule has 0 unspecified atom stereocenters. The number of aliphatic imine (C=N–C) groups is 1. The predicted octanol–water partition coefficient (Wildman–Crippen LogP) is 3.21. The standard InChI is InChI=1S/C18H27N3O/c19-18(21-16-7-2-1-3-8-16)20-12-15-6-4-5-9-17(15)22-13-14-10-11-14/h4-6,9,14,16H,1-3,7-8,10-13H2,(H3,19,20,21). The lowest BCUT2D eigenvalue weighted by molar-refractivity contribution is 0.297. The maximum absolute atomic E-state index is 6.03. The summed E-state index contributed by atoms with van der Waals surface area (Å²) in [5.74, 6) is 2.27. The molecule has 0 aliphatic heterocycles. The Hall–Kier alpha value is -1.71. The van der Waals surface area contributed by atoms with E-state index in [1.54, 1.807) is 0 Å². The maximum atomic E-state index is 6.03. The van der Waals surface area contributed by atoms with Gasteiger partial charge < -0.3 is 15.8 Å². The lowest BCUT2D eigenvalue weighted by Gasteiger charge is -2.23. The van der Waals surface area contributed by atoms with Crippen LogP contribution < -0.4 is 15.8 Å². The third kappa shape index (κ3) is 4.65. The number of hydrogen-bond acceptors (Lipinski definition) is 2. The zero-order valence-electron chi connectivity index (χ0n) is 13.3. The molecule has 0 spiro atoms. The van der Waals surface area contributed by atoms with Crippen LogP contribution in [0.4, 0.5) is 0 Å². The van der Waals surface area contributed by atoms with Gasteiger partial charge in [0.05, 0.1) is 13.2 Å². The average Bonchev–Trinajstić information content (AvgIpc) is 3.37. The van der Waals surface area contributed by atoms with E-state index in [0.717, 1.165) is 23.8 Å². The number of hydrogen-bond donors (Lipinski definition) is 2. The van der Waals surface area contributed by atoms with Gasteiger partial charge in [0.15, 0.2) is 5.96 Å². The molecule has 0 saturated heterocycles. The molecule has 2 saturated carbocycles. The fraction of sp³-hybridized carbons (Fsp3) is 0.611. The van der Waals surface area contributed by atoms with E-state index in [2.05, 4.69) is 16.4 Å². The Balaban J connectivity index is 1.53. The van der Waals surface area contributed by atoms with E-state index < -0.39 is 0 Å². The number of nitrogens with zero attached hydrogens (tertiary/aromatic N) is 1. The van der Waals surface area contributed by atoms with Crippen LogP contribution in [0.2, 0.25) is 0 Å². The van der Waals surface area contributed by atoms with Gasteiger partial charge in [0, 0.05) is 11.6 Å². The number of benzene rings is 1. The van der Waals surface area contributed by atoms with Crippen LogP contribution in [0.15, 0.2) is 29.3 Å². The van der Waals surface area contributed by atoms with Crippen LogP contribution in [0.3, 0.4) is 0 Å². The highest BCUT2D eigenvalue weighted by Gasteiger charge is 2.22. The Bertz CT molecular complexity index is 505. The molecule has 0 aromatic heterocycles. The number of guanidine groups is 1. The van der Waals surface area contributed by atoms with E-state index in [1.165, 1.54) is 44.9 Å². The summed E-state index contributed by atoms with van der Waals surface area (Å²) in [4.78, 5) is 4.50. The summed E-state index contributed by atoms with van der Waals surface area (Å²) >= 11 is 0. The molecule has 1 aromatic carbocycles. The van der Waals surface area contributed by atoms with Gasteiger partial charge in [-0.3, -0.25) is 0 Å². The van der Waals surface area contributed by atoms with Gasteiger partial charge in [0.25, 0.3) is 0 Å². The monoisotopic (exact) mass is 301 g/mol. The molecule has 0 amide bonds. The van der Waals surface area contributed by atoms with Crippen molar-refractivity contribution in [2.45, 2.75) is 57.5 Å². The van der Waals surface area contributed by atoms with Crippen LogP contribution in [0.25, 0.3) is 0 Å². The highest BCUT2D eigenvalue weighted by Crippen LogP contribution is 2.30. The van der Waals surface area contributed by atoms with E-state index in [-0.39, 0.29) is 0 Å². The smallest absolute Gasteiger partial charge is 0.189 e. The lowest BCUT2D eigenvalue weighted by atomic mass is 9.96. The summed E-state index contributed by atoms with van der Waals surface area (Å²) in [6.07, 6.45) is 8.96. The summed E-state index contributed by atoms with van der Waals surface area (Å²) < 4.78 is 5.91. The third-order valence-corrected chi connectivity index (χ3v) is 4.52. The van der Waals surface area contributed by atoms with Gasteiger partial charge >= 0.3 is 0 Å². The molecule has 1 aromatic rings. The Kier molecular flexibility index (Phi) is 5.20. The van der Waals surface area contributed by atoms with Crippen molar-refractivity contribution in [2.24, 2.45) is 16.6 Å². The van der Waals surface area contributed by atoms with Crippen LogP contribution in [0.1, 0.15) is 50.5 Å². The van der Waals surface area contributed by atoms with Crippen molar-refractivity contribution in [3.63, 3.8) is 0 Å². The van der Waals surface area contributed by atoms with Gasteiger partial charge in [-0.1, -0.05) is 37.5 Å². The quantitative estimate of drug-likeness (QED) is 0.626. The first-order valence-corrected chi connectivity index (χ1v) is 8.58. The average molecular weight is 301 g/mol. The van der Waals surface area contributed by atoms with Crippen LogP contribution >= 0.6 is 0 Å². The first-order chi connectivity index (χ1) is 10.8. The molecule has 0 heterocycles. The second-order valence-electron chi connectivity index (χ2n) is 6.54. The van der Waals surface area contributed by atoms with E-state index >= 15 is 0 Å². The largest absolute Gasteiger partial charge is 0.493 e. The lowest BCUT2D eigenvalue weighted by Crippen LogP contribution is -2.41. The molecule has 2 aliphatic rings. The zero-order valence-corrected chi connectivity index (χ0v) is 13.3. The molecule has 0 atom stereocenters. The normalized spacial score (nSPS) is 19.9. The third-order valence-electron chi connectivity index (χ3n) is 4.52. The van der Waals surface area contributed by atoms with Gasteiger partial charge in [-0.15, -0.1) is 0 Å². The first kappa shape index (κ1) is 15.2. The number of para-hydroxylation sites is 1. The fourth-order valence-electron chi connectivity index (χ4n) is 2.94. The van der Waals surface area contributed by atoms with Crippen molar-refractivity contribution in [2.75, 3.05) is 6.61 Å².